The molecule has 1 unspecified atom stereocenters. The third-order valence-corrected chi connectivity index (χ3v) is 2.49. The van der Waals surface area contributed by atoms with Gasteiger partial charge in [-0.1, -0.05) is 6.07 Å². The monoisotopic (exact) mass is 284 g/mol. The van der Waals surface area contributed by atoms with Crippen molar-refractivity contribution < 1.29 is 31.8 Å². The highest BCUT2D eigenvalue weighted by Crippen LogP contribution is 2.24. The van der Waals surface area contributed by atoms with E-state index in [4.69, 9.17) is 0 Å². The lowest BCUT2D eigenvalue weighted by Crippen LogP contribution is -2.33. The summed E-state index contributed by atoms with van der Waals surface area (Å²) in [6.07, 6.45) is -5.19. The molecule has 1 N–H and O–H groups in total. The number of aliphatic hydroxyl groups excluding tert-OH is 1. The van der Waals surface area contributed by atoms with Crippen molar-refractivity contribution in [3.63, 3.8) is 0 Å². The van der Waals surface area contributed by atoms with Crippen molar-refractivity contribution in [2.75, 3.05) is 13.2 Å². The summed E-state index contributed by atoms with van der Waals surface area (Å²) in [6, 6.07) is 3.62. The molecule has 0 bridgehead atoms. The molecule has 0 radical (unpaired) electrons. The third kappa shape index (κ3) is 4.43. The van der Waals surface area contributed by atoms with Crippen molar-refractivity contribution in [1.82, 2.24) is 0 Å². The smallest absolute Gasteiger partial charge is 0.330 e. The first-order valence-corrected chi connectivity index (χ1v) is 5.42. The van der Waals surface area contributed by atoms with Gasteiger partial charge in [-0.05, 0) is 30.2 Å². The number of hydrogen-bond donors (Lipinski definition) is 1. The number of ether oxygens (including phenoxy) is 1. The molecule has 0 fully saturated rings. The van der Waals surface area contributed by atoms with Crippen LogP contribution in [0.1, 0.15) is 17.2 Å². The molecule has 2 nitrogen and oxygen atoms in total. The van der Waals surface area contributed by atoms with E-state index in [0.29, 0.717) is 5.56 Å². The summed E-state index contributed by atoms with van der Waals surface area (Å²) in [4.78, 5) is 0. The van der Waals surface area contributed by atoms with E-state index in [9.17, 15) is 27.1 Å². The molecule has 1 aromatic rings. The maximum atomic E-state index is 13.0. The Morgan fingerprint density at radius 3 is 2.53 bits per heavy atom. The summed E-state index contributed by atoms with van der Waals surface area (Å²) >= 11 is 0. The van der Waals surface area contributed by atoms with E-state index in [1.807, 2.05) is 0 Å². The Balaban J connectivity index is 2.56. The molecule has 0 amide bonds. The van der Waals surface area contributed by atoms with Gasteiger partial charge in [0.2, 0.25) is 0 Å². The van der Waals surface area contributed by atoms with Crippen molar-refractivity contribution in [1.29, 1.82) is 0 Å². The number of halogens is 5. The van der Waals surface area contributed by atoms with Crippen LogP contribution in [0.5, 0.6) is 0 Å². The predicted molar refractivity (Wildman–Crippen MR) is 57.9 cm³/mol. The Morgan fingerprint density at radius 2 is 1.95 bits per heavy atom. The summed E-state index contributed by atoms with van der Waals surface area (Å²) in [5.74, 6) is -4.87. The maximum Gasteiger partial charge on any atom is 0.330 e. The maximum absolute atomic E-state index is 13.0. The molecule has 1 atom stereocenters. The van der Waals surface area contributed by atoms with Gasteiger partial charge in [-0.15, -0.1) is 0 Å². The Kier molecular flexibility index (Phi) is 5.25. The Morgan fingerprint density at radius 1 is 1.32 bits per heavy atom. The van der Waals surface area contributed by atoms with Gasteiger partial charge in [0.05, 0.1) is 6.61 Å². The van der Waals surface area contributed by atoms with Crippen LogP contribution in [-0.4, -0.2) is 30.7 Å². The Hall–Kier alpha value is -1.21. The van der Waals surface area contributed by atoms with Crippen LogP contribution < -0.4 is 0 Å². The molecule has 0 saturated carbocycles. The van der Waals surface area contributed by atoms with E-state index in [2.05, 4.69) is 4.74 Å². The van der Waals surface area contributed by atoms with Crippen LogP contribution in [0.15, 0.2) is 18.2 Å². The van der Waals surface area contributed by atoms with Crippen LogP contribution in [0.2, 0.25) is 0 Å². The van der Waals surface area contributed by atoms with Crippen LogP contribution in [-0.2, 0) is 4.74 Å². The fourth-order valence-corrected chi connectivity index (χ4v) is 1.43. The minimum absolute atomic E-state index is 0.167. The molecule has 0 saturated heterocycles. The molecule has 108 valence electrons. The first-order chi connectivity index (χ1) is 8.74. The minimum atomic E-state index is -4.27. The number of alkyl halides is 4. The van der Waals surface area contributed by atoms with E-state index in [1.165, 1.54) is 12.1 Å². The van der Waals surface area contributed by atoms with Crippen molar-refractivity contribution in [2.45, 2.75) is 25.4 Å². The quantitative estimate of drug-likeness (QED) is 0.813. The van der Waals surface area contributed by atoms with E-state index in [1.54, 1.807) is 6.92 Å². The van der Waals surface area contributed by atoms with Crippen LogP contribution in [0.25, 0.3) is 0 Å². The highest BCUT2D eigenvalue weighted by molar-refractivity contribution is 5.28. The molecular formula is C12H13F5O2. The predicted octanol–water partition coefficient (Wildman–Crippen LogP) is 3.08. The number of aliphatic hydroxyl groups is 1. The lowest BCUT2D eigenvalue weighted by atomic mass is 10.0. The van der Waals surface area contributed by atoms with Crippen LogP contribution in [0.3, 0.4) is 0 Å². The van der Waals surface area contributed by atoms with Gasteiger partial charge in [0.15, 0.2) is 0 Å². The first kappa shape index (κ1) is 15.8. The van der Waals surface area contributed by atoms with Crippen LogP contribution in [0.4, 0.5) is 22.0 Å². The van der Waals surface area contributed by atoms with Gasteiger partial charge in [0.1, 0.15) is 18.5 Å². The molecule has 0 aliphatic carbocycles. The summed E-state index contributed by atoms with van der Waals surface area (Å²) in [7, 11) is 0. The van der Waals surface area contributed by atoms with Crippen molar-refractivity contribution in [2.24, 2.45) is 0 Å². The van der Waals surface area contributed by atoms with Crippen LogP contribution in [0, 0.1) is 12.7 Å². The molecule has 1 rings (SSSR count). The summed E-state index contributed by atoms with van der Waals surface area (Å²) in [5.41, 5.74) is 0.707. The zero-order chi connectivity index (χ0) is 14.6. The van der Waals surface area contributed by atoms with Gasteiger partial charge in [0.25, 0.3) is 0 Å². The molecule has 0 aliphatic rings. The lowest BCUT2D eigenvalue weighted by Gasteiger charge is -2.18. The largest absolute Gasteiger partial charge is 0.386 e. The van der Waals surface area contributed by atoms with Crippen LogP contribution >= 0.6 is 0 Å². The fraction of sp³-hybridized carbons (Fsp3) is 0.500. The van der Waals surface area contributed by atoms with Crippen molar-refractivity contribution >= 4 is 0 Å². The van der Waals surface area contributed by atoms with Gasteiger partial charge in [0, 0.05) is 0 Å². The molecule has 0 heterocycles. The van der Waals surface area contributed by atoms with Gasteiger partial charge >= 0.3 is 12.3 Å². The third-order valence-electron chi connectivity index (χ3n) is 2.49. The van der Waals surface area contributed by atoms with Crippen molar-refractivity contribution in [3.05, 3.63) is 35.1 Å². The SMILES string of the molecule is Cc1ccc(F)cc1C(O)COCC(F)(F)C(F)F. The standard InChI is InChI=1S/C12H13F5O2/c1-7-2-3-8(13)4-9(7)10(18)5-19-6-12(16,17)11(14)15/h2-4,10-11,18H,5-6H2,1H3. The van der Waals surface area contributed by atoms with E-state index in [0.717, 1.165) is 6.07 Å². The second-order valence-electron chi connectivity index (χ2n) is 4.09. The number of rotatable bonds is 6. The normalized spacial score (nSPS) is 13.9. The molecule has 19 heavy (non-hydrogen) atoms. The highest BCUT2D eigenvalue weighted by atomic mass is 19.3. The number of benzene rings is 1. The zero-order valence-corrected chi connectivity index (χ0v) is 10.0. The number of aryl methyl sites for hydroxylation is 1. The molecule has 0 spiro atoms. The molecule has 7 heteroatoms. The summed E-state index contributed by atoms with van der Waals surface area (Å²) in [6.45, 7) is -0.533. The second kappa shape index (κ2) is 6.29. The van der Waals surface area contributed by atoms with Gasteiger partial charge in [-0.2, -0.15) is 8.78 Å². The average Bonchev–Trinajstić information content (AvgIpc) is 2.31. The topological polar surface area (TPSA) is 29.5 Å². The van der Waals surface area contributed by atoms with E-state index >= 15 is 0 Å². The van der Waals surface area contributed by atoms with Gasteiger partial charge in [-0.3, -0.25) is 0 Å². The summed E-state index contributed by atoms with van der Waals surface area (Å²) < 4.78 is 66.0. The van der Waals surface area contributed by atoms with Gasteiger partial charge < -0.3 is 9.84 Å². The zero-order valence-electron chi connectivity index (χ0n) is 10.0. The van der Waals surface area contributed by atoms with E-state index < -0.39 is 37.5 Å². The minimum Gasteiger partial charge on any atom is -0.386 e. The van der Waals surface area contributed by atoms with E-state index in [-0.39, 0.29) is 5.56 Å². The molecule has 0 aliphatic heterocycles. The Labute approximate surface area is 106 Å². The highest BCUT2D eigenvalue weighted by Gasteiger charge is 2.41. The van der Waals surface area contributed by atoms with Gasteiger partial charge in [-0.25, -0.2) is 13.2 Å². The average molecular weight is 284 g/mol. The fourth-order valence-electron chi connectivity index (χ4n) is 1.43. The second-order valence-corrected chi connectivity index (χ2v) is 4.09. The summed E-state index contributed by atoms with van der Waals surface area (Å²) in [5, 5.41) is 9.64. The number of hydrogen-bond acceptors (Lipinski definition) is 2. The Bertz CT molecular complexity index is 423. The van der Waals surface area contributed by atoms with Crippen molar-refractivity contribution in [3.8, 4) is 0 Å². The molecular weight excluding hydrogens is 271 g/mol. The lowest BCUT2D eigenvalue weighted by molar-refractivity contribution is -0.170. The molecule has 0 aromatic heterocycles. The molecule has 1 aromatic carbocycles. The first-order valence-electron chi connectivity index (χ1n) is 5.42.